The van der Waals surface area contributed by atoms with Gasteiger partial charge >= 0.3 is 12.1 Å². The number of hydrogen-bond donors (Lipinski definition) is 2. The molecule has 4 rings (SSSR count). The summed E-state index contributed by atoms with van der Waals surface area (Å²) in [5.74, 6) is -0.971. The van der Waals surface area contributed by atoms with Gasteiger partial charge in [-0.25, -0.2) is 4.79 Å². The van der Waals surface area contributed by atoms with E-state index in [-0.39, 0.29) is 29.1 Å². The molecule has 0 saturated carbocycles. The first-order valence-electron chi connectivity index (χ1n) is 13.9. The Kier molecular flexibility index (Phi) is 10.2. The van der Waals surface area contributed by atoms with Gasteiger partial charge < -0.3 is 33.7 Å². The monoisotopic (exact) mass is 684 g/mol. The molecule has 0 aromatic heterocycles. The molecule has 3 heterocycles. The first-order valence-corrected chi connectivity index (χ1v) is 15.4. The Morgan fingerprint density at radius 3 is 2.67 bits per heavy atom. The number of amides is 2. The van der Waals surface area contributed by atoms with E-state index >= 15 is 0 Å². The third kappa shape index (κ3) is 7.04. The van der Waals surface area contributed by atoms with Crippen LogP contribution in [0.25, 0.3) is 0 Å². The zero-order chi connectivity index (χ0) is 31.7. The number of esters is 1. The smallest absolute Gasteiger partial charge is 0.409 e. The van der Waals surface area contributed by atoms with Gasteiger partial charge in [0.2, 0.25) is 5.91 Å². The summed E-state index contributed by atoms with van der Waals surface area (Å²) in [6.45, 7) is 5.50. The molecule has 4 bridgehead atoms. The average molecular weight is 686 g/mol. The number of rotatable bonds is 4. The van der Waals surface area contributed by atoms with Gasteiger partial charge in [-0.15, -0.1) is 0 Å². The molecule has 1 aromatic rings. The number of methoxy groups -OCH3 is 2. The highest BCUT2D eigenvalue weighted by Gasteiger charge is 2.64. The van der Waals surface area contributed by atoms with Crippen molar-refractivity contribution in [1.82, 2.24) is 5.32 Å². The fourth-order valence-corrected chi connectivity index (χ4v) is 6.24. The summed E-state index contributed by atoms with van der Waals surface area (Å²) < 4.78 is 28.5. The number of aliphatic hydroxyl groups is 1. The Labute approximate surface area is 264 Å². The van der Waals surface area contributed by atoms with Gasteiger partial charge in [0.15, 0.2) is 5.72 Å². The maximum Gasteiger partial charge on any atom is 0.409 e. The highest BCUT2D eigenvalue weighted by atomic mass is 79.9. The number of benzene rings is 1. The molecule has 1 aromatic carbocycles. The molecule has 43 heavy (non-hydrogen) atoms. The number of hydrogen-bond acceptors (Lipinski definition) is 9. The standard InChI is InChI=1S/C30H38BrClN2O9/c1-16-8-7-9-22(40-6)30(38)14-21(41-28(37)33-30)17(2)27-29(3,43-27)23(42-25(36)15-31)13-24(35)34(4)19-11-18(10-16)12-20(39-5)26(19)32/h7-9,11-12,17,21-23,27,38H,10,13-15H2,1-6H3,(H,33,37)/b9-7?,16-8+/t17-,21+,22-,23+,27-,29+,30+/m1/s1. The lowest BCUT2D eigenvalue weighted by Gasteiger charge is -2.42. The largest absolute Gasteiger partial charge is 0.495 e. The third-order valence-electron chi connectivity index (χ3n) is 8.33. The topological polar surface area (TPSA) is 136 Å². The number of carbonyl (C=O) groups excluding carboxylic acids is 3. The van der Waals surface area contributed by atoms with Crippen molar-refractivity contribution in [3.8, 4) is 5.75 Å². The molecule has 2 N–H and O–H groups in total. The normalized spacial score (nSPS) is 34.3. The Bertz CT molecular complexity index is 1320. The molecule has 0 radical (unpaired) electrons. The summed E-state index contributed by atoms with van der Waals surface area (Å²) in [5.41, 5.74) is -0.611. The van der Waals surface area contributed by atoms with Crippen molar-refractivity contribution in [2.75, 3.05) is 31.5 Å². The summed E-state index contributed by atoms with van der Waals surface area (Å²) in [6.07, 6.45) is 1.58. The van der Waals surface area contributed by atoms with E-state index in [0.29, 0.717) is 17.9 Å². The maximum atomic E-state index is 13.7. The Hall–Kier alpha value is -2.64. The van der Waals surface area contributed by atoms with E-state index < -0.39 is 53.7 Å². The van der Waals surface area contributed by atoms with Crippen molar-refractivity contribution in [3.63, 3.8) is 0 Å². The van der Waals surface area contributed by atoms with Crippen LogP contribution < -0.4 is 15.0 Å². The lowest BCUT2D eigenvalue weighted by atomic mass is 9.83. The number of epoxide rings is 1. The van der Waals surface area contributed by atoms with Crippen LogP contribution in [0.2, 0.25) is 5.02 Å². The van der Waals surface area contributed by atoms with Crippen molar-refractivity contribution < 1.29 is 43.2 Å². The zero-order valence-corrected chi connectivity index (χ0v) is 27.4. The number of fused-ring (bicyclic) bond motifs is 5. The second kappa shape index (κ2) is 13.2. The molecule has 3 aliphatic rings. The molecular weight excluding hydrogens is 648 g/mol. The summed E-state index contributed by atoms with van der Waals surface area (Å²) >= 11 is 9.77. The molecule has 3 aliphatic heterocycles. The van der Waals surface area contributed by atoms with Gasteiger partial charge in [0.05, 0.1) is 25.3 Å². The van der Waals surface area contributed by atoms with Crippen molar-refractivity contribution in [1.29, 1.82) is 0 Å². The average Bonchev–Trinajstić information content (AvgIpc) is 3.66. The summed E-state index contributed by atoms with van der Waals surface area (Å²) in [5, 5.41) is 14.2. The van der Waals surface area contributed by atoms with Crippen molar-refractivity contribution in [3.05, 3.63) is 46.5 Å². The van der Waals surface area contributed by atoms with E-state index in [1.165, 1.54) is 19.1 Å². The summed E-state index contributed by atoms with van der Waals surface area (Å²) in [7, 11) is 4.54. The van der Waals surface area contributed by atoms with Gasteiger partial charge in [-0.3, -0.25) is 14.9 Å². The molecule has 0 aliphatic carbocycles. The Morgan fingerprint density at radius 2 is 2.02 bits per heavy atom. The van der Waals surface area contributed by atoms with Crippen molar-refractivity contribution in [2.24, 2.45) is 5.92 Å². The van der Waals surface area contributed by atoms with Crippen LogP contribution in [0.5, 0.6) is 5.75 Å². The van der Waals surface area contributed by atoms with Crippen molar-refractivity contribution in [2.45, 2.75) is 75.8 Å². The summed E-state index contributed by atoms with van der Waals surface area (Å²) in [6, 6.07) is 3.62. The van der Waals surface area contributed by atoms with Gasteiger partial charge in [0, 0.05) is 26.5 Å². The summed E-state index contributed by atoms with van der Waals surface area (Å²) in [4.78, 5) is 40.2. The lowest BCUT2D eigenvalue weighted by Crippen LogP contribution is -2.63. The first kappa shape index (κ1) is 33.3. The number of nitrogens with zero attached hydrogens (tertiary/aromatic N) is 1. The predicted octanol–water partition coefficient (Wildman–Crippen LogP) is 4.06. The molecule has 0 spiro atoms. The van der Waals surface area contributed by atoms with Gasteiger partial charge in [-0.05, 0) is 38.0 Å². The van der Waals surface area contributed by atoms with Crippen LogP contribution in [0.4, 0.5) is 10.5 Å². The highest BCUT2D eigenvalue weighted by molar-refractivity contribution is 9.09. The Morgan fingerprint density at radius 1 is 1.30 bits per heavy atom. The number of carbonyl (C=O) groups is 3. The second-order valence-electron chi connectivity index (χ2n) is 11.4. The highest BCUT2D eigenvalue weighted by Crippen LogP contribution is 2.49. The van der Waals surface area contributed by atoms with Gasteiger partial charge in [-0.2, -0.15) is 0 Å². The van der Waals surface area contributed by atoms with E-state index in [2.05, 4.69) is 21.2 Å². The van der Waals surface area contributed by atoms with Crippen LogP contribution in [0.15, 0.2) is 35.9 Å². The molecule has 236 valence electrons. The van der Waals surface area contributed by atoms with Crippen LogP contribution in [-0.2, 0) is 35.0 Å². The molecule has 11 nitrogen and oxygen atoms in total. The molecule has 0 unspecified atom stereocenters. The third-order valence-corrected chi connectivity index (χ3v) is 9.17. The first-order chi connectivity index (χ1) is 20.3. The van der Waals surface area contributed by atoms with Gasteiger partial charge in [-0.1, -0.05) is 58.3 Å². The van der Waals surface area contributed by atoms with Crippen LogP contribution in [0.3, 0.4) is 0 Å². The molecule has 13 heteroatoms. The fourth-order valence-electron chi connectivity index (χ4n) is 5.80. The molecular formula is C30H38BrClN2O9. The maximum absolute atomic E-state index is 13.7. The van der Waals surface area contributed by atoms with E-state index in [0.717, 1.165) is 11.1 Å². The number of allylic oxidation sites excluding steroid dienone is 3. The minimum Gasteiger partial charge on any atom is -0.495 e. The van der Waals surface area contributed by atoms with Crippen LogP contribution in [0.1, 0.15) is 39.2 Å². The van der Waals surface area contributed by atoms with E-state index in [1.807, 2.05) is 26.0 Å². The van der Waals surface area contributed by atoms with E-state index in [1.54, 1.807) is 32.2 Å². The number of nitrogens with one attached hydrogen (secondary N) is 1. The van der Waals surface area contributed by atoms with Crippen LogP contribution in [-0.4, -0.2) is 85.4 Å². The number of halogens is 2. The van der Waals surface area contributed by atoms with Gasteiger partial charge in [0.1, 0.15) is 40.0 Å². The number of ether oxygens (including phenoxy) is 5. The van der Waals surface area contributed by atoms with E-state index in [4.69, 9.17) is 35.3 Å². The lowest BCUT2D eigenvalue weighted by molar-refractivity contribution is -0.150. The minimum atomic E-state index is -1.77. The Balaban J connectivity index is 1.79. The van der Waals surface area contributed by atoms with Crippen molar-refractivity contribution >= 4 is 51.2 Å². The molecule has 2 fully saturated rings. The van der Waals surface area contributed by atoms with Crippen LogP contribution >= 0.6 is 27.5 Å². The van der Waals surface area contributed by atoms with E-state index in [9.17, 15) is 19.5 Å². The second-order valence-corrected chi connectivity index (χ2v) is 12.3. The quantitative estimate of drug-likeness (QED) is 0.273. The van der Waals surface area contributed by atoms with Gasteiger partial charge in [0.25, 0.3) is 0 Å². The SMILES string of the molecule is COc1cc2cc(c1Cl)N(C)C(=O)C[C@H](OC(=O)CBr)[C@]1(C)O[C@@H]1[C@H](C)[C@@H]1C[C@@](O)(NC(=O)O1)[C@H](OC)C=C/C=C(\C)C2. The minimum absolute atomic E-state index is 0.000951. The van der Waals surface area contributed by atoms with Crippen LogP contribution in [0, 0.1) is 5.92 Å². The number of anilines is 1. The number of alkyl carbamates (subject to hydrolysis) is 1. The number of alkyl halides is 1. The zero-order valence-electron chi connectivity index (χ0n) is 25.0. The fraction of sp³-hybridized carbons (Fsp3) is 0.567. The molecule has 7 atom stereocenters. The predicted molar refractivity (Wildman–Crippen MR) is 163 cm³/mol. The molecule has 2 amide bonds. The molecule has 2 saturated heterocycles.